The molecule has 1 unspecified atom stereocenters. The molecule has 0 aliphatic heterocycles. The molecule has 5 nitrogen and oxygen atoms in total. The molecule has 0 N–H and O–H groups in total. The van der Waals surface area contributed by atoms with E-state index in [0.29, 0.717) is 11.8 Å². The van der Waals surface area contributed by atoms with E-state index >= 15 is 0 Å². The summed E-state index contributed by atoms with van der Waals surface area (Å²) in [5.74, 6) is 1.03. The minimum Gasteiger partial charge on any atom is -0.419 e. The fourth-order valence-electron chi connectivity index (χ4n) is 1.06. The van der Waals surface area contributed by atoms with Gasteiger partial charge in [-0.3, -0.25) is 0 Å². The monoisotopic (exact) mass is 268 g/mol. The van der Waals surface area contributed by atoms with Crippen LogP contribution in [0.5, 0.6) is 0 Å². The van der Waals surface area contributed by atoms with Crippen LogP contribution in [0.25, 0.3) is 11.5 Å². The average molecular weight is 269 g/mol. The van der Waals surface area contributed by atoms with Crippen LogP contribution in [-0.2, 0) is 0 Å². The third kappa shape index (κ3) is 2.20. The van der Waals surface area contributed by atoms with E-state index in [1.165, 1.54) is 6.33 Å². The van der Waals surface area contributed by atoms with Gasteiger partial charge in [0.2, 0.25) is 5.89 Å². The van der Waals surface area contributed by atoms with Gasteiger partial charge in [0.1, 0.15) is 6.33 Å². The SMILES string of the molecule is CCC(Br)c1nnc(-c2cncnc2)o1. The van der Waals surface area contributed by atoms with E-state index in [0.717, 1.165) is 12.0 Å². The van der Waals surface area contributed by atoms with Crippen LogP contribution in [-0.4, -0.2) is 20.2 Å². The van der Waals surface area contributed by atoms with Gasteiger partial charge in [-0.05, 0) is 6.42 Å². The van der Waals surface area contributed by atoms with Gasteiger partial charge < -0.3 is 4.42 Å². The summed E-state index contributed by atoms with van der Waals surface area (Å²) < 4.78 is 5.47. The number of alkyl halides is 1. The first-order valence-electron chi connectivity index (χ1n) is 4.54. The van der Waals surface area contributed by atoms with Crippen molar-refractivity contribution in [2.75, 3.05) is 0 Å². The lowest BCUT2D eigenvalue weighted by Crippen LogP contribution is -1.86. The summed E-state index contributed by atoms with van der Waals surface area (Å²) in [6, 6.07) is 0. The fraction of sp³-hybridized carbons (Fsp3) is 0.333. The lowest BCUT2D eigenvalue weighted by molar-refractivity contribution is 0.500. The summed E-state index contributed by atoms with van der Waals surface area (Å²) in [7, 11) is 0. The Morgan fingerprint density at radius 2 is 2.07 bits per heavy atom. The maximum atomic E-state index is 5.47. The number of hydrogen-bond donors (Lipinski definition) is 0. The Hall–Kier alpha value is -1.30. The van der Waals surface area contributed by atoms with Crippen LogP contribution in [0.2, 0.25) is 0 Å². The van der Waals surface area contributed by atoms with Crippen LogP contribution in [0, 0.1) is 0 Å². The molecule has 0 radical (unpaired) electrons. The minimum atomic E-state index is 0.100. The largest absolute Gasteiger partial charge is 0.419 e. The summed E-state index contributed by atoms with van der Waals surface area (Å²) in [6.45, 7) is 2.04. The molecule has 0 saturated carbocycles. The normalized spacial score (nSPS) is 12.7. The van der Waals surface area contributed by atoms with Gasteiger partial charge in [0.05, 0.1) is 10.4 Å². The minimum absolute atomic E-state index is 0.100. The molecule has 0 spiro atoms. The van der Waals surface area contributed by atoms with E-state index in [2.05, 4.69) is 36.1 Å². The topological polar surface area (TPSA) is 64.7 Å². The van der Waals surface area contributed by atoms with Crippen molar-refractivity contribution in [3.63, 3.8) is 0 Å². The molecule has 6 heteroatoms. The molecule has 0 aromatic carbocycles. The third-order valence-corrected chi connectivity index (χ3v) is 2.91. The molecule has 0 aliphatic carbocycles. The van der Waals surface area contributed by atoms with Gasteiger partial charge in [0.25, 0.3) is 5.89 Å². The van der Waals surface area contributed by atoms with Crippen molar-refractivity contribution in [3.8, 4) is 11.5 Å². The third-order valence-electron chi connectivity index (χ3n) is 1.87. The van der Waals surface area contributed by atoms with E-state index < -0.39 is 0 Å². The summed E-state index contributed by atoms with van der Waals surface area (Å²) >= 11 is 3.44. The summed E-state index contributed by atoms with van der Waals surface area (Å²) in [5, 5.41) is 7.87. The van der Waals surface area contributed by atoms with Crippen molar-refractivity contribution in [3.05, 3.63) is 24.6 Å². The predicted molar refractivity (Wildman–Crippen MR) is 57.3 cm³/mol. The van der Waals surface area contributed by atoms with Crippen molar-refractivity contribution in [2.45, 2.75) is 18.2 Å². The van der Waals surface area contributed by atoms with Crippen molar-refractivity contribution in [1.82, 2.24) is 20.2 Å². The zero-order valence-corrected chi connectivity index (χ0v) is 9.68. The lowest BCUT2D eigenvalue weighted by atomic mass is 10.3. The van der Waals surface area contributed by atoms with E-state index in [1.807, 2.05) is 6.92 Å². The van der Waals surface area contributed by atoms with Gasteiger partial charge in [0, 0.05) is 12.4 Å². The highest BCUT2D eigenvalue weighted by atomic mass is 79.9. The number of aromatic nitrogens is 4. The highest BCUT2D eigenvalue weighted by Gasteiger charge is 2.14. The van der Waals surface area contributed by atoms with E-state index in [4.69, 9.17) is 4.42 Å². The first-order valence-corrected chi connectivity index (χ1v) is 5.45. The Labute approximate surface area is 95.1 Å². The average Bonchev–Trinajstić information content (AvgIpc) is 2.78. The van der Waals surface area contributed by atoms with Crippen LogP contribution in [0.1, 0.15) is 24.1 Å². The number of halogens is 1. The molecule has 0 fully saturated rings. The molecule has 0 saturated heterocycles. The van der Waals surface area contributed by atoms with Gasteiger partial charge in [-0.25, -0.2) is 9.97 Å². The maximum absolute atomic E-state index is 5.47. The van der Waals surface area contributed by atoms with E-state index in [-0.39, 0.29) is 4.83 Å². The lowest BCUT2D eigenvalue weighted by Gasteiger charge is -1.97. The van der Waals surface area contributed by atoms with Gasteiger partial charge in [-0.2, -0.15) is 0 Å². The maximum Gasteiger partial charge on any atom is 0.250 e. The molecule has 15 heavy (non-hydrogen) atoms. The van der Waals surface area contributed by atoms with Crippen LogP contribution in [0.4, 0.5) is 0 Å². The predicted octanol–water partition coefficient (Wildman–Crippen LogP) is 2.37. The molecular formula is C9H9BrN4O. The Bertz CT molecular complexity index is 431. The van der Waals surface area contributed by atoms with Gasteiger partial charge in [-0.1, -0.05) is 22.9 Å². The van der Waals surface area contributed by atoms with Gasteiger partial charge in [-0.15, -0.1) is 10.2 Å². The smallest absolute Gasteiger partial charge is 0.250 e. The molecular weight excluding hydrogens is 260 g/mol. The Morgan fingerprint density at radius 3 is 2.73 bits per heavy atom. The summed E-state index contributed by atoms with van der Waals surface area (Å²) in [5.41, 5.74) is 0.729. The zero-order chi connectivity index (χ0) is 10.7. The van der Waals surface area contributed by atoms with E-state index in [9.17, 15) is 0 Å². The van der Waals surface area contributed by atoms with E-state index in [1.54, 1.807) is 12.4 Å². The molecule has 2 aromatic heterocycles. The molecule has 2 rings (SSSR count). The molecule has 2 heterocycles. The van der Waals surface area contributed by atoms with Crippen molar-refractivity contribution < 1.29 is 4.42 Å². The molecule has 2 aromatic rings. The Morgan fingerprint density at radius 1 is 1.33 bits per heavy atom. The highest BCUT2D eigenvalue weighted by molar-refractivity contribution is 9.09. The highest BCUT2D eigenvalue weighted by Crippen LogP contribution is 2.26. The van der Waals surface area contributed by atoms with Crippen LogP contribution in [0.15, 0.2) is 23.1 Å². The number of hydrogen-bond acceptors (Lipinski definition) is 5. The quantitative estimate of drug-likeness (QED) is 0.800. The van der Waals surface area contributed by atoms with Gasteiger partial charge in [0.15, 0.2) is 0 Å². The first-order chi connectivity index (χ1) is 7.31. The van der Waals surface area contributed by atoms with Crippen LogP contribution < -0.4 is 0 Å². The van der Waals surface area contributed by atoms with Crippen molar-refractivity contribution >= 4 is 15.9 Å². The number of nitrogens with zero attached hydrogens (tertiary/aromatic N) is 4. The fourth-order valence-corrected chi connectivity index (χ4v) is 1.25. The Balaban J connectivity index is 2.28. The molecule has 78 valence electrons. The zero-order valence-electron chi connectivity index (χ0n) is 8.09. The summed E-state index contributed by atoms with van der Waals surface area (Å²) in [6.07, 6.45) is 5.63. The van der Waals surface area contributed by atoms with Crippen molar-refractivity contribution in [2.24, 2.45) is 0 Å². The van der Waals surface area contributed by atoms with Crippen LogP contribution >= 0.6 is 15.9 Å². The molecule has 1 atom stereocenters. The molecule has 0 aliphatic rings. The number of rotatable bonds is 3. The molecule has 0 bridgehead atoms. The first kappa shape index (κ1) is 10.2. The Kier molecular flexibility index (Phi) is 3.05. The second-order valence-corrected chi connectivity index (χ2v) is 4.05. The van der Waals surface area contributed by atoms with Crippen LogP contribution in [0.3, 0.4) is 0 Å². The molecule has 0 amide bonds. The van der Waals surface area contributed by atoms with Gasteiger partial charge >= 0.3 is 0 Å². The second-order valence-electron chi connectivity index (χ2n) is 2.95. The standard InChI is InChI=1S/C9H9BrN4O/c1-2-7(10)9-14-13-8(15-9)6-3-11-5-12-4-6/h3-5,7H,2H2,1H3. The summed E-state index contributed by atoms with van der Waals surface area (Å²) in [4.78, 5) is 7.87. The van der Waals surface area contributed by atoms with Crippen molar-refractivity contribution in [1.29, 1.82) is 0 Å². The second kappa shape index (κ2) is 4.48.